The number of benzene rings is 2. The average Bonchev–Trinajstić information content (AvgIpc) is 3.29. The van der Waals surface area contributed by atoms with E-state index in [0.717, 1.165) is 24.2 Å². The van der Waals surface area contributed by atoms with Crippen LogP contribution in [0.3, 0.4) is 0 Å². The van der Waals surface area contributed by atoms with Gasteiger partial charge in [0.05, 0.1) is 11.4 Å². The summed E-state index contributed by atoms with van der Waals surface area (Å²) in [4.78, 5) is 27.3. The number of H-pyrrole nitrogens is 1. The lowest BCUT2D eigenvalue weighted by molar-refractivity contribution is 0.0169. The molecule has 1 unspecified atom stereocenters. The van der Waals surface area contributed by atoms with Crippen LogP contribution in [0.5, 0.6) is 11.5 Å². The summed E-state index contributed by atoms with van der Waals surface area (Å²) in [6, 6.07) is 16.7. The number of fused-ring (bicyclic) bond motifs is 1. The van der Waals surface area contributed by atoms with Gasteiger partial charge in [-0.15, -0.1) is 0 Å². The van der Waals surface area contributed by atoms with Crippen molar-refractivity contribution < 1.29 is 14.3 Å². The number of aromatic amines is 1. The molecule has 37 heavy (non-hydrogen) atoms. The maximum absolute atomic E-state index is 12.9. The molecule has 1 fully saturated rings. The lowest BCUT2D eigenvalue weighted by Crippen LogP contribution is -2.43. The fraction of sp³-hybridized carbons (Fsp3) is 0.333. The van der Waals surface area contributed by atoms with Crippen molar-refractivity contribution in [3.8, 4) is 22.8 Å². The summed E-state index contributed by atoms with van der Waals surface area (Å²) in [5.41, 5.74) is 6.91. The lowest BCUT2D eigenvalue weighted by atomic mass is 10.1. The Morgan fingerprint density at radius 3 is 2.49 bits per heavy atom. The van der Waals surface area contributed by atoms with E-state index < -0.39 is 5.60 Å². The summed E-state index contributed by atoms with van der Waals surface area (Å²) in [5, 5.41) is 11.8. The molecule has 1 aliphatic heterocycles. The summed E-state index contributed by atoms with van der Waals surface area (Å²) >= 11 is 0. The number of nitrogens with zero attached hydrogens (tertiary/aromatic N) is 4. The number of aromatic nitrogens is 4. The topological polar surface area (TPSA) is 128 Å². The molecule has 4 aromatic rings. The van der Waals surface area contributed by atoms with Gasteiger partial charge in [0.25, 0.3) is 5.56 Å². The van der Waals surface area contributed by atoms with E-state index in [0.29, 0.717) is 35.4 Å². The highest BCUT2D eigenvalue weighted by atomic mass is 16.6. The Morgan fingerprint density at radius 2 is 1.78 bits per heavy atom. The summed E-state index contributed by atoms with van der Waals surface area (Å²) in [7, 11) is 0. The van der Waals surface area contributed by atoms with Gasteiger partial charge in [-0.3, -0.25) is 9.48 Å². The number of ether oxygens (including phenoxy) is 2. The molecule has 10 heteroatoms. The van der Waals surface area contributed by atoms with E-state index in [1.54, 1.807) is 9.58 Å². The number of nitrogens with one attached hydrogen (secondary N) is 1. The highest BCUT2D eigenvalue weighted by Crippen LogP contribution is 2.34. The third-order valence-corrected chi connectivity index (χ3v) is 6.16. The number of anilines is 1. The van der Waals surface area contributed by atoms with Crippen molar-refractivity contribution in [2.24, 2.45) is 0 Å². The molecule has 1 amide bonds. The number of likely N-dealkylation sites (tertiary alicyclic amines) is 1. The van der Waals surface area contributed by atoms with Crippen LogP contribution in [-0.2, 0) is 4.74 Å². The predicted molar refractivity (Wildman–Crippen MR) is 141 cm³/mol. The molecule has 5 rings (SSSR count). The summed E-state index contributed by atoms with van der Waals surface area (Å²) in [6.45, 7) is 6.47. The Kier molecular flexibility index (Phi) is 6.32. The molecule has 10 nitrogen and oxygen atoms in total. The Morgan fingerprint density at radius 1 is 1.08 bits per heavy atom. The maximum atomic E-state index is 12.9. The minimum absolute atomic E-state index is 0.181. The first kappa shape index (κ1) is 24.4. The van der Waals surface area contributed by atoms with Gasteiger partial charge in [0.2, 0.25) is 0 Å². The number of hydrogen-bond donors (Lipinski definition) is 2. The predicted octanol–water partition coefficient (Wildman–Crippen LogP) is 4.73. The van der Waals surface area contributed by atoms with Crippen molar-refractivity contribution in [3.05, 3.63) is 65.0 Å². The van der Waals surface area contributed by atoms with Gasteiger partial charge in [0.1, 0.15) is 28.3 Å². The van der Waals surface area contributed by atoms with Gasteiger partial charge in [0, 0.05) is 18.7 Å². The van der Waals surface area contributed by atoms with Crippen LogP contribution < -0.4 is 16.0 Å². The molecule has 1 saturated heterocycles. The second-order valence-corrected chi connectivity index (χ2v) is 10.1. The molecule has 0 aliphatic carbocycles. The van der Waals surface area contributed by atoms with Crippen LogP contribution in [0.2, 0.25) is 0 Å². The Labute approximate surface area is 214 Å². The zero-order valence-corrected chi connectivity index (χ0v) is 21.1. The number of piperidine rings is 1. The van der Waals surface area contributed by atoms with E-state index in [9.17, 15) is 9.59 Å². The van der Waals surface area contributed by atoms with E-state index in [4.69, 9.17) is 20.3 Å². The molecule has 0 bridgehead atoms. The van der Waals surface area contributed by atoms with Crippen LogP contribution in [0.15, 0.2) is 59.4 Å². The number of hydrogen-bond acceptors (Lipinski definition) is 7. The fourth-order valence-corrected chi connectivity index (χ4v) is 4.53. The fourth-order valence-electron chi connectivity index (χ4n) is 4.53. The third-order valence-electron chi connectivity index (χ3n) is 6.16. The van der Waals surface area contributed by atoms with Crippen molar-refractivity contribution >= 4 is 22.8 Å². The molecular weight excluding hydrogens is 472 g/mol. The van der Waals surface area contributed by atoms with Gasteiger partial charge in [0.15, 0.2) is 5.82 Å². The highest BCUT2D eigenvalue weighted by Gasteiger charge is 2.31. The zero-order chi connectivity index (χ0) is 26.2. The van der Waals surface area contributed by atoms with Crippen LogP contribution in [0.4, 0.5) is 10.6 Å². The molecule has 1 atom stereocenters. The molecular formula is C27H30N6O4. The first-order chi connectivity index (χ1) is 17.7. The maximum Gasteiger partial charge on any atom is 0.410 e. The van der Waals surface area contributed by atoms with Gasteiger partial charge >= 0.3 is 6.09 Å². The highest BCUT2D eigenvalue weighted by molar-refractivity contribution is 5.99. The molecule has 0 spiro atoms. The van der Waals surface area contributed by atoms with E-state index >= 15 is 0 Å². The Balaban J connectivity index is 1.49. The van der Waals surface area contributed by atoms with Crippen LogP contribution in [0, 0.1) is 0 Å². The first-order valence-electron chi connectivity index (χ1n) is 12.3. The normalized spacial score (nSPS) is 16.1. The summed E-state index contributed by atoms with van der Waals surface area (Å²) in [6.07, 6.45) is 1.13. The lowest BCUT2D eigenvalue weighted by Gasteiger charge is -2.34. The standard InChI is InChI=1S/C27H30N6O4/c1-27(2,3)37-26(35)32-15-7-8-18(16-32)33-23-21(24(28)29-30-25(23)34)22(31-33)17-11-13-20(14-12-17)36-19-9-5-4-6-10-19/h4-6,9-14,18H,7-8,15-16H2,1-3H3,(H2,28,29)(H,30,34). The molecule has 2 aromatic heterocycles. The first-order valence-corrected chi connectivity index (χ1v) is 12.3. The van der Waals surface area contributed by atoms with Crippen LogP contribution >= 0.6 is 0 Å². The van der Waals surface area contributed by atoms with Crippen molar-refractivity contribution in [3.63, 3.8) is 0 Å². The summed E-state index contributed by atoms with van der Waals surface area (Å²) in [5.74, 6) is 1.58. The average molecular weight is 503 g/mol. The number of carbonyl (C=O) groups is 1. The largest absolute Gasteiger partial charge is 0.457 e. The number of carbonyl (C=O) groups excluding carboxylic acids is 1. The molecule has 0 radical (unpaired) electrons. The second-order valence-electron chi connectivity index (χ2n) is 10.1. The minimum atomic E-state index is -0.594. The van der Waals surface area contributed by atoms with Gasteiger partial charge in [-0.1, -0.05) is 18.2 Å². The van der Waals surface area contributed by atoms with Crippen molar-refractivity contribution in [1.82, 2.24) is 24.9 Å². The van der Waals surface area contributed by atoms with Crippen molar-refractivity contribution in [2.45, 2.75) is 45.3 Å². The second kappa shape index (κ2) is 9.61. The van der Waals surface area contributed by atoms with Crippen LogP contribution in [-0.4, -0.2) is 49.7 Å². The molecule has 192 valence electrons. The Bertz CT molecular complexity index is 1470. The van der Waals surface area contributed by atoms with E-state index in [2.05, 4.69) is 10.2 Å². The summed E-state index contributed by atoms with van der Waals surface area (Å²) < 4.78 is 13.2. The van der Waals surface area contributed by atoms with Gasteiger partial charge in [-0.05, 0) is 70.0 Å². The molecule has 2 aromatic carbocycles. The van der Waals surface area contributed by atoms with Crippen LogP contribution in [0.25, 0.3) is 22.2 Å². The van der Waals surface area contributed by atoms with Crippen LogP contribution in [0.1, 0.15) is 39.7 Å². The van der Waals surface area contributed by atoms with E-state index in [-0.39, 0.29) is 23.5 Å². The monoisotopic (exact) mass is 502 g/mol. The Hall–Kier alpha value is -4.34. The number of nitrogens with two attached hydrogens (primary N) is 1. The van der Waals surface area contributed by atoms with E-state index in [1.165, 1.54) is 0 Å². The number of rotatable bonds is 4. The molecule has 1 aliphatic rings. The minimum Gasteiger partial charge on any atom is -0.457 e. The number of amides is 1. The van der Waals surface area contributed by atoms with E-state index in [1.807, 2.05) is 75.4 Å². The third kappa shape index (κ3) is 5.13. The van der Waals surface area contributed by atoms with Crippen molar-refractivity contribution in [2.75, 3.05) is 18.8 Å². The molecule has 3 N–H and O–H groups in total. The number of para-hydroxylation sites is 1. The van der Waals surface area contributed by atoms with Gasteiger partial charge < -0.3 is 20.1 Å². The SMILES string of the molecule is CC(C)(C)OC(=O)N1CCCC(n2nc(-c3ccc(Oc4ccccc4)cc3)c3c(N)n[nH]c(=O)c32)C1. The molecule has 0 saturated carbocycles. The number of nitrogen functional groups attached to an aromatic ring is 1. The zero-order valence-electron chi connectivity index (χ0n) is 21.1. The van der Waals surface area contributed by atoms with Crippen molar-refractivity contribution in [1.29, 1.82) is 0 Å². The molecule has 3 heterocycles. The van der Waals surface area contributed by atoms with Gasteiger partial charge in [-0.2, -0.15) is 10.2 Å². The van der Waals surface area contributed by atoms with Gasteiger partial charge in [-0.25, -0.2) is 9.89 Å². The quantitative estimate of drug-likeness (QED) is 0.413. The smallest absolute Gasteiger partial charge is 0.410 e.